The second kappa shape index (κ2) is 9.74. The zero-order valence-electron chi connectivity index (χ0n) is 16.2. The van der Waals surface area contributed by atoms with Gasteiger partial charge in [0.1, 0.15) is 0 Å². The van der Waals surface area contributed by atoms with E-state index in [1.54, 1.807) is 0 Å². The highest BCUT2D eigenvalue weighted by molar-refractivity contribution is 5.89. The monoisotopic (exact) mass is 372 g/mol. The van der Waals surface area contributed by atoms with Crippen LogP contribution in [0.2, 0.25) is 0 Å². The van der Waals surface area contributed by atoms with E-state index in [4.69, 9.17) is 0 Å². The summed E-state index contributed by atoms with van der Waals surface area (Å²) in [6.07, 6.45) is 6.57. The van der Waals surface area contributed by atoms with Crippen molar-refractivity contribution in [3.8, 4) is 0 Å². The molecule has 1 aromatic rings. The molecule has 2 aliphatic rings. The Morgan fingerprint density at radius 1 is 1.00 bits per heavy atom. The van der Waals surface area contributed by atoms with Crippen molar-refractivity contribution >= 4 is 17.6 Å². The Morgan fingerprint density at radius 2 is 1.70 bits per heavy atom. The van der Waals surface area contributed by atoms with Crippen LogP contribution in [-0.4, -0.2) is 48.6 Å². The minimum atomic E-state index is -0.163. The van der Waals surface area contributed by atoms with Crippen LogP contribution in [0.5, 0.6) is 0 Å². The number of nitrogens with one attached hydrogen (secondary N) is 3. The van der Waals surface area contributed by atoms with Gasteiger partial charge < -0.3 is 16.0 Å². The molecule has 1 aliphatic carbocycles. The fourth-order valence-corrected chi connectivity index (χ4v) is 4.10. The molecule has 27 heavy (non-hydrogen) atoms. The average molecular weight is 373 g/mol. The minimum Gasteiger partial charge on any atom is -0.352 e. The second-order valence-corrected chi connectivity index (χ2v) is 7.95. The summed E-state index contributed by atoms with van der Waals surface area (Å²) in [6, 6.07) is 9.79. The number of likely N-dealkylation sites (tertiary alicyclic amines) is 1. The van der Waals surface area contributed by atoms with E-state index >= 15 is 0 Å². The number of nitrogens with zero attached hydrogens (tertiary/aromatic N) is 1. The summed E-state index contributed by atoms with van der Waals surface area (Å²) in [7, 11) is 0. The van der Waals surface area contributed by atoms with E-state index in [0.29, 0.717) is 18.5 Å². The van der Waals surface area contributed by atoms with Gasteiger partial charge in [0.05, 0.1) is 6.54 Å². The molecule has 0 spiro atoms. The van der Waals surface area contributed by atoms with Gasteiger partial charge in [-0.1, -0.05) is 38.0 Å². The summed E-state index contributed by atoms with van der Waals surface area (Å²) >= 11 is 0. The predicted molar refractivity (Wildman–Crippen MR) is 108 cm³/mol. The normalized spacial score (nSPS) is 24.2. The Hall–Kier alpha value is -2.08. The summed E-state index contributed by atoms with van der Waals surface area (Å²) in [5.74, 6) is 0.725. The van der Waals surface area contributed by atoms with E-state index in [1.165, 1.54) is 19.3 Å². The van der Waals surface area contributed by atoms with Gasteiger partial charge in [0.2, 0.25) is 5.91 Å². The van der Waals surface area contributed by atoms with E-state index in [2.05, 4.69) is 27.8 Å². The third-order valence-electron chi connectivity index (χ3n) is 5.78. The molecule has 2 atom stereocenters. The number of amides is 3. The summed E-state index contributed by atoms with van der Waals surface area (Å²) in [5, 5.41) is 9.12. The number of carbonyl (C=O) groups excluding carboxylic acids is 2. The zero-order valence-corrected chi connectivity index (χ0v) is 16.2. The summed E-state index contributed by atoms with van der Waals surface area (Å²) in [5.41, 5.74) is 0.793. The van der Waals surface area contributed by atoms with Crippen LogP contribution in [0.1, 0.15) is 45.4 Å². The molecule has 0 unspecified atom stereocenters. The van der Waals surface area contributed by atoms with Crippen LogP contribution in [0.15, 0.2) is 30.3 Å². The van der Waals surface area contributed by atoms with Gasteiger partial charge in [-0.2, -0.15) is 0 Å². The fraction of sp³-hybridized carbons (Fsp3) is 0.619. The fourth-order valence-electron chi connectivity index (χ4n) is 4.10. The maximum Gasteiger partial charge on any atom is 0.319 e. The number of hydrogen-bond acceptors (Lipinski definition) is 3. The Bertz CT molecular complexity index is 614. The summed E-state index contributed by atoms with van der Waals surface area (Å²) < 4.78 is 0. The lowest BCUT2D eigenvalue weighted by molar-refractivity contribution is -0.123. The van der Waals surface area contributed by atoms with Gasteiger partial charge in [-0.05, 0) is 43.7 Å². The van der Waals surface area contributed by atoms with E-state index in [0.717, 1.165) is 38.0 Å². The van der Waals surface area contributed by atoms with Gasteiger partial charge in [0.25, 0.3) is 0 Å². The molecule has 2 fully saturated rings. The number of urea groups is 1. The molecule has 3 amide bonds. The highest BCUT2D eigenvalue weighted by Crippen LogP contribution is 2.23. The number of carbonyl (C=O) groups is 2. The highest BCUT2D eigenvalue weighted by atomic mass is 16.2. The number of para-hydroxylation sites is 1. The summed E-state index contributed by atoms with van der Waals surface area (Å²) in [6.45, 7) is 4.38. The number of benzene rings is 1. The lowest BCUT2D eigenvalue weighted by Gasteiger charge is -2.33. The molecular formula is C21H32N4O2. The minimum absolute atomic E-state index is 0.141. The number of anilines is 1. The van der Waals surface area contributed by atoms with Gasteiger partial charge in [-0.25, -0.2) is 4.79 Å². The Balaban J connectivity index is 1.34. The second-order valence-electron chi connectivity index (χ2n) is 7.95. The van der Waals surface area contributed by atoms with Gasteiger partial charge in [-0.15, -0.1) is 0 Å². The molecule has 6 nitrogen and oxygen atoms in total. The number of piperidine rings is 1. The van der Waals surface area contributed by atoms with Crippen molar-refractivity contribution in [2.24, 2.45) is 5.92 Å². The highest BCUT2D eigenvalue weighted by Gasteiger charge is 2.25. The van der Waals surface area contributed by atoms with Gasteiger partial charge >= 0.3 is 6.03 Å². The first-order valence-corrected chi connectivity index (χ1v) is 10.2. The van der Waals surface area contributed by atoms with Crippen LogP contribution < -0.4 is 16.0 Å². The molecule has 148 valence electrons. The smallest absolute Gasteiger partial charge is 0.319 e. The summed E-state index contributed by atoms with van der Waals surface area (Å²) in [4.78, 5) is 26.6. The molecule has 1 aliphatic heterocycles. The van der Waals surface area contributed by atoms with Crippen LogP contribution in [0.4, 0.5) is 10.5 Å². The molecule has 1 saturated carbocycles. The predicted octanol–water partition coefficient (Wildman–Crippen LogP) is 2.97. The van der Waals surface area contributed by atoms with Crippen molar-refractivity contribution in [2.75, 3.05) is 25.0 Å². The Kier molecular flexibility index (Phi) is 7.10. The van der Waals surface area contributed by atoms with Crippen molar-refractivity contribution in [2.45, 2.75) is 57.5 Å². The Morgan fingerprint density at radius 3 is 2.41 bits per heavy atom. The zero-order chi connectivity index (χ0) is 19.1. The molecule has 3 rings (SSSR count). The van der Waals surface area contributed by atoms with Gasteiger partial charge in [-0.3, -0.25) is 9.69 Å². The van der Waals surface area contributed by atoms with Crippen molar-refractivity contribution in [3.63, 3.8) is 0 Å². The van der Waals surface area contributed by atoms with Crippen LogP contribution in [0, 0.1) is 5.92 Å². The standard InChI is InChI=1S/C21H32N4O2/c1-16-7-5-6-10-19(16)24-20(26)15-25-13-11-18(12-14-25)23-21(27)22-17-8-3-2-4-9-17/h2-4,8-9,16,18-19H,5-7,10-15H2,1H3,(H,24,26)(H2,22,23,27)/t16-,19+/m1/s1. The van der Waals surface area contributed by atoms with Crippen molar-refractivity contribution < 1.29 is 9.59 Å². The molecule has 3 N–H and O–H groups in total. The number of hydrogen-bond donors (Lipinski definition) is 3. The van der Waals surface area contributed by atoms with Crippen molar-refractivity contribution in [1.29, 1.82) is 0 Å². The first kappa shape index (κ1) is 19.7. The van der Waals surface area contributed by atoms with E-state index in [1.807, 2.05) is 30.3 Å². The topological polar surface area (TPSA) is 73.5 Å². The largest absolute Gasteiger partial charge is 0.352 e. The van der Waals surface area contributed by atoms with Gasteiger partial charge in [0, 0.05) is 30.9 Å². The SMILES string of the molecule is C[C@@H]1CCCC[C@@H]1NC(=O)CN1CCC(NC(=O)Nc2ccccc2)CC1. The van der Waals surface area contributed by atoms with E-state index < -0.39 is 0 Å². The molecule has 0 bridgehead atoms. The Labute approximate surface area is 162 Å². The maximum absolute atomic E-state index is 12.4. The quantitative estimate of drug-likeness (QED) is 0.744. The molecule has 1 heterocycles. The molecule has 0 aromatic heterocycles. The first-order valence-electron chi connectivity index (χ1n) is 10.2. The third kappa shape index (κ3) is 6.24. The van der Waals surface area contributed by atoms with Crippen LogP contribution in [0.25, 0.3) is 0 Å². The molecule has 6 heteroatoms. The average Bonchev–Trinajstić information content (AvgIpc) is 2.66. The first-order chi connectivity index (χ1) is 13.1. The molecule has 0 radical (unpaired) electrons. The molecule has 1 saturated heterocycles. The molecule has 1 aromatic carbocycles. The van der Waals surface area contributed by atoms with E-state index in [9.17, 15) is 9.59 Å². The lowest BCUT2D eigenvalue weighted by atomic mass is 9.86. The van der Waals surface area contributed by atoms with Crippen LogP contribution >= 0.6 is 0 Å². The lowest BCUT2D eigenvalue weighted by Crippen LogP contribution is -2.50. The maximum atomic E-state index is 12.4. The van der Waals surface area contributed by atoms with Crippen LogP contribution in [0.3, 0.4) is 0 Å². The van der Waals surface area contributed by atoms with Crippen molar-refractivity contribution in [1.82, 2.24) is 15.5 Å². The third-order valence-corrected chi connectivity index (χ3v) is 5.78. The van der Waals surface area contributed by atoms with Crippen molar-refractivity contribution in [3.05, 3.63) is 30.3 Å². The molecular weight excluding hydrogens is 340 g/mol. The van der Waals surface area contributed by atoms with E-state index in [-0.39, 0.29) is 18.0 Å². The van der Waals surface area contributed by atoms with Gasteiger partial charge in [0.15, 0.2) is 0 Å². The number of rotatable bonds is 5. The van der Waals surface area contributed by atoms with Crippen LogP contribution in [-0.2, 0) is 4.79 Å².